The number of benzene rings is 1. The van der Waals surface area contributed by atoms with Gasteiger partial charge in [-0.05, 0) is 50.6 Å². The van der Waals surface area contributed by atoms with Gasteiger partial charge in [0.1, 0.15) is 0 Å². The van der Waals surface area contributed by atoms with Gasteiger partial charge >= 0.3 is 0 Å². The van der Waals surface area contributed by atoms with Crippen LogP contribution in [0.25, 0.3) is 0 Å². The molecule has 0 atom stereocenters. The molecule has 2 heterocycles. The number of fused-ring (bicyclic) bond motifs is 1. The predicted molar refractivity (Wildman–Crippen MR) is 90.1 cm³/mol. The highest BCUT2D eigenvalue weighted by molar-refractivity contribution is 6.21. The first kappa shape index (κ1) is 16.6. The predicted octanol–water partition coefficient (Wildman–Crippen LogP) is 1.52. The molecule has 1 fully saturated rings. The van der Waals surface area contributed by atoms with Crippen molar-refractivity contribution in [2.45, 2.75) is 32.2 Å². The molecule has 1 saturated heterocycles. The number of carbonyl (C=O) groups excluding carboxylic acids is 3. The highest BCUT2D eigenvalue weighted by Crippen LogP contribution is 2.24. The van der Waals surface area contributed by atoms with Gasteiger partial charge in [-0.1, -0.05) is 6.92 Å². The maximum atomic E-state index is 13.0. The van der Waals surface area contributed by atoms with Crippen molar-refractivity contribution in [3.05, 3.63) is 34.9 Å². The van der Waals surface area contributed by atoms with Crippen LogP contribution in [0.2, 0.25) is 0 Å². The molecule has 2 aliphatic rings. The van der Waals surface area contributed by atoms with E-state index in [1.54, 1.807) is 18.2 Å². The van der Waals surface area contributed by atoms with Crippen LogP contribution in [0.5, 0.6) is 0 Å². The van der Waals surface area contributed by atoms with E-state index in [4.69, 9.17) is 0 Å². The molecule has 2 aliphatic heterocycles. The molecule has 0 unspecified atom stereocenters. The second-order valence-electron chi connectivity index (χ2n) is 6.41. The standard InChI is InChI=1S/C18H23N3O3/c1-3-10-21(13-6-8-19-9-7-13)16(22)12-4-5-14-15(11-12)18(24)20(2)17(14)23/h4-5,11,13,19H,3,6-10H2,1-2H3. The number of rotatable bonds is 4. The highest BCUT2D eigenvalue weighted by atomic mass is 16.2. The van der Waals surface area contributed by atoms with E-state index in [2.05, 4.69) is 12.2 Å². The van der Waals surface area contributed by atoms with Crippen molar-refractivity contribution < 1.29 is 14.4 Å². The van der Waals surface area contributed by atoms with Gasteiger partial charge in [-0.3, -0.25) is 19.3 Å². The average molecular weight is 329 g/mol. The van der Waals surface area contributed by atoms with E-state index in [-0.39, 0.29) is 23.8 Å². The number of imide groups is 1. The summed E-state index contributed by atoms with van der Waals surface area (Å²) in [7, 11) is 1.46. The number of amides is 3. The Labute approximate surface area is 141 Å². The van der Waals surface area contributed by atoms with E-state index in [1.165, 1.54) is 7.05 Å². The summed E-state index contributed by atoms with van der Waals surface area (Å²) < 4.78 is 0. The number of nitrogens with one attached hydrogen (secondary N) is 1. The van der Waals surface area contributed by atoms with Crippen LogP contribution in [0.4, 0.5) is 0 Å². The molecule has 1 aromatic rings. The van der Waals surface area contributed by atoms with Gasteiger partial charge in [-0.25, -0.2) is 0 Å². The van der Waals surface area contributed by atoms with E-state index in [0.717, 1.165) is 37.3 Å². The monoisotopic (exact) mass is 329 g/mol. The fraction of sp³-hybridized carbons (Fsp3) is 0.500. The summed E-state index contributed by atoms with van der Waals surface area (Å²) in [5.41, 5.74) is 1.19. The van der Waals surface area contributed by atoms with Gasteiger partial charge in [0.05, 0.1) is 11.1 Å². The van der Waals surface area contributed by atoms with E-state index < -0.39 is 0 Å². The zero-order chi connectivity index (χ0) is 17.3. The van der Waals surface area contributed by atoms with Crippen molar-refractivity contribution in [3.63, 3.8) is 0 Å². The summed E-state index contributed by atoms with van der Waals surface area (Å²) in [6, 6.07) is 5.06. The van der Waals surface area contributed by atoms with Gasteiger partial charge in [-0.15, -0.1) is 0 Å². The second kappa shape index (κ2) is 6.73. The minimum Gasteiger partial charge on any atom is -0.336 e. The molecule has 3 amide bonds. The quantitative estimate of drug-likeness (QED) is 0.850. The Hall–Kier alpha value is -2.21. The Morgan fingerprint density at radius 2 is 1.88 bits per heavy atom. The molecule has 1 N–H and O–H groups in total. The lowest BCUT2D eigenvalue weighted by Gasteiger charge is -2.34. The van der Waals surface area contributed by atoms with Crippen molar-refractivity contribution in [1.29, 1.82) is 0 Å². The zero-order valence-corrected chi connectivity index (χ0v) is 14.2. The van der Waals surface area contributed by atoms with Crippen molar-refractivity contribution in [2.24, 2.45) is 0 Å². The van der Waals surface area contributed by atoms with E-state index in [9.17, 15) is 14.4 Å². The Morgan fingerprint density at radius 1 is 1.21 bits per heavy atom. The molecule has 0 aromatic heterocycles. The molecule has 0 aliphatic carbocycles. The molecule has 3 rings (SSSR count). The summed E-state index contributed by atoms with van der Waals surface area (Å²) in [6.45, 7) is 4.59. The van der Waals surface area contributed by atoms with Gasteiger partial charge in [0.15, 0.2) is 0 Å². The summed E-state index contributed by atoms with van der Waals surface area (Å²) in [5.74, 6) is -0.701. The number of hydrogen-bond acceptors (Lipinski definition) is 4. The number of piperidine rings is 1. The van der Waals surface area contributed by atoms with Gasteiger partial charge < -0.3 is 10.2 Å². The molecular formula is C18H23N3O3. The van der Waals surface area contributed by atoms with E-state index >= 15 is 0 Å². The minimum atomic E-state index is -0.339. The number of hydrogen-bond donors (Lipinski definition) is 1. The van der Waals surface area contributed by atoms with Crippen molar-refractivity contribution in [1.82, 2.24) is 15.1 Å². The fourth-order valence-electron chi connectivity index (χ4n) is 3.47. The van der Waals surface area contributed by atoms with Gasteiger partial charge in [0, 0.05) is 25.2 Å². The topological polar surface area (TPSA) is 69.7 Å². The van der Waals surface area contributed by atoms with Crippen LogP contribution in [-0.4, -0.2) is 60.2 Å². The minimum absolute atomic E-state index is 0.0543. The summed E-state index contributed by atoms with van der Waals surface area (Å²) >= 11 is 0. The lowest BCUT2D eigenvalue weighted by atomic mass is 10.0. The average Bonchev–Trinajstić information content (AvgIpc) is 2.84. The smallest absolute Gasteiger partial charge is 0.261 e. The number of nitrogens with zero attached hydrogens (tertiary/aromatic N) is 2. The van der Waals surface area contributed by atoms with Crippen LogP contribution < -0.4 is 5.32 Å². The van der Waals surface area contributed by atoms with Crippen LogP contribution in [0, 0.1) is 0 Å². The van der Waals surface area contributed by atoms with Crippen LogP contribution >= 0.6 is 0 Å². The largest absolute Gasteiger partial charge is 0.336 e. The summed E-state index contributed by atoms with van der Waals surface area (Å²) in [5, 5.41) is 3.31. The maximum Gasteiger partial charge on any atom is 0.261 e. The van der Waals surface area contributed by atoms with Crippen LogP contribution in [-0.2, 0) is 0 Å². The van der Waals surface area contributed by atoms with Gasteiger partial charge in [0.25, 0.3) is 17.7 Å². The van der Waals surface area contributed by atoms with E-state index in [0.29, 0.717) is 23.2 Å². The Morgan fingerprint density at radius 3 is 2.54 bits per heavy atom. The summed E-state index contributed by atoms with van der Waals surface area (Å²) in [4.78, 5) is 40.1. The molecule has 6 heteroatoms. The first-order chi connectivity index (χ1) is 11.5. The first-order valence-electron chi connectivity index (χ1n) is 8.52. The lowest BCUT2D eigenvalue weighted by molar-refractivity contribution is 0.0641. The Balaban J connectivity index is 1.88. The third kappa shape index (κ3) is 2.82. The summed E-state index contributed by atoms with van der Waals surface area (Å²) in [6.07, 6.45) is 2.77. The number of carbonyl (C=O) groups is 3. The molecule has 24 heavy (non-hydrogen) atoms. The zero-order valence-electron chi connectivity index (χ0n) is 14.2. The van der Waals surface area contributed by atoms with E-state index in [1.807, 2.05) is 4.90 Å². The molecular weight excluding hydrogens is 306 g/mol. The fourth-order valence-corrected chi connectivity index (χ4v) is 3.47. The molecule has 0 saturated carbocycles. The maximum absolute atomic E-state index is 13.0. The lowest BCUT2D eigenvalue weighted by Crippen LogP contribution is -2.46. The Bertz CT molecular complexity index is 680. The van der Waals surface area contributed by atoms with Gasteiger partial charge in [0.2, 0.25) is 0 Å². The highest BCUT2D eigenvalue weighted by Gasteiger charge is 2.34. The third-order valence-electron chi connectivity index (χ3n) is 4.81. The second-order valence-corrected chi connectivity index (χ2v) is 6.41. The SMILES string of the molecule is CCCN(C(=O)c1ccc2c(c1)C(=O)N(C)C2=O)C1CCNCC1. The first-order valence-corrected chi connectivity index (χ1v) is 8.52. The molecule has 128 valence electrons. The van der Waals surface area contributed by atoms with Crippen molar-refractivity contribution in [2.75, 3.05) is 26.7 Å². The molecule has 0 radical (unpaired) electrons. The molecule has 0 bridgehead atoms. The molecule has 1 aromatic carbocycles. The Kier molecular flexibility index (Phi) is 4.66. The van der Waals surface area contributed by atoms with Crippen LogP contribution in [0.15, 0.2) is 18.2 Å². The van der Waals surface area contributed by atoms with Crippen LogP contribution in [0.3, 0.4) is 0 Å². The van der Waals surface area contributed by atoms with Crippen molar-refractivity contribution >= 4 is 17.7 Å². The third-order valence-corrected chi connectivity index (χ3v) is 4.81. The van der Waals surface area contributed by atoms with Crippen molar-refractivity contribution in [3.8, 4) is 0 Å². The van der Waals surface area contributed by atoms with Gasteiger partial charge in [-0.2, -0.15) is 0 Å². The normalized spacial score (nSPS) is 18.0. The van der Waals surface area contributed by atoms with Crippen LogP contribution in [0.1, 0.15) is 57.3 Å². The molecule has 0 spiro atoms. The molecule has 6 nitrogen and oxygen atoms in total.